The van der Waals surface area contributed by atoms with Gasteiger partial charge < -0.3 is 15.0 Å². The zero-order chi connectivity index (χ0) is 17.5. The number of halogens is 1. The maximum Gasteiger partial charge on any atom is 0.193 e. The van der Waals surface area contributed by atoms with Gasteiger partial charge in [-0.2, -0.15) is 0 Å². The molecule has 152 valence electrons. The Morgan fingerprint density at radius 1 is 1.12 bits per heavy atom. The molecule has 3 rings (SSSR count). The first-order valence-corrected chi connectivity index (χ1v) is 11.5. The molecule has 3 aliphatic rings. The minimum Gasteiger partial charge on any atom is -0.379 e. The van der Waals surface area contributed by atoms with Gasteiger partial charge in [0, 0.05) is 45.8 Å². The third kappa shape index (κ3) is 7.12. The largest absolute Gasteiger partial charge is 0.379 e. The van der Waals surface area contributed by atoms with Crippen molar-refractivity contribution in [2.45, 2.75) is 25.7 Å². The molecule has 1 N–H and O–H groups in total. The minimum absolute atomic E-state index is 0. The lowest BCUT2D eigenvalue weighted by molar-refractivity contribution is 0.0388. The first-order valence-electron chi connectivity index (χ1n) is 9.66. The molecule has 0 amide bonds. The predicted octanol–water partition coefficient (Wildman–Crippen LogP) is 0.803. The van der Waals surface area contributed by atoms with Crippen molar-refractivity contribution in [3.63, 3.8) is 0 Å². The number of likely N-dealkylation sites (tertiary alicyclic amines) is 1. The van der Waals surface area contributed by atoms with Crippen molar-refractivity contribution in [3.8, 4) is 0 Å². The van der Waals surface area contributed by atoms with Crippen LogP contribution in [0.25, 0.3) is 0 Å². The second kappa shape index (κ2) is 11.0. The van der Waals surface area contributed by atoms with E-state index in [4.69, 9.17) is 9.73 Å². The van der Waals surface area contributed by atoms with Crippen LogP contribution in [0.5, 0.6) is 0 Å². The number of guanidine groups is 1. The van der Waals surface area contributed by atoms with Crippen molar-refractivity contribution < 1.29 is 13.2 Å². The van der Waals surface area contributed by atoms with Crippen LogP contribution in [0.1, 0.15) is 25.7 Å². The Labute approximate surface area is 174 Å². The van der Waals surface area contributed by atoms with Gasteiger partial charge in [-0.05, 0) is 31.6 Å². The molecule has 7 nitrogen and oxygen atoms in total. The summed E-state index contributed by atoms with van der Waals surface area (Å²) in [6.45, 7) is 8.22. The van der Waals surface area contributed by atoms with Gasteiger partial charge in [0.15, 0.2) is 15.8 Å². The van der Waals surface area contributed by atoms with Crippen molar-refractivity contribution in [2.24, 2.45) is 10.9 Å². The summed E-state index contributed by atoms with van der Waals surface area (Å²) in [5, 5.41) is 3.53. The average Bonchev–Trinajstić information content (AvgIpc) is 2.98. The number of hydrogen-bond acceptors (Lipinski definition) is 5. The van der Waals surface area contributed by atoms with Crippen molar-refractivity contribution in [1.29, 1.82) is 0 Å². The van der Waals surface area contributed by atoms with Crippen LogP contribution in [0.2, 0.25) is 0 Å². The number of aliphatic imine (C=N–C) groups is 1. The van der Waals surface area contributed by atoms with Crippen LogP contribution < -0.4 is 5.32 Å². The molecule has 3 fully saturated rings. The van der Waals surface area contributed by atoms with E-state index in [9.17, 15) is 8.42 Å². The summed E-state index contributed by atoms with van der Waals surface area (Å²) in [4.78, 5) is 9.55. The normalized spacial score (nSPS) is 27.2. The maximum absolute atomic E-state index is 11.6. The highest BCUT2D eigenvalue weighted by Gasteiger charge is 2.28. The van der Waals surface area contributed by atoms with E-state index in [0.29, 0.717) is 18.1 Å². The third-order valence-corrected chi connectivity index (χ3v) is 7.13. The fraction of sp³-hybridized carbons (Fsp3) is 0.941. The zero-order valence-electron chi connectivity index (χ0n) is 15.6. The van der Waals surface area contributed by atoms with E-state index in [2.05, 4.69) is 15.1 Å². The number of morpholine rings is 1. The highest BCUT2D eigenvalue weighted by molar-refractivity contribution is 14.0. The highest BCUT2D eigenvalue weighted by atomic mass is 127. The molecule has 0 aliphatic carbocycles. The Morgan fingerprint density at radius 2 is 1.85 bits per heavy atom. The van der Waals surface area contributed by atoms with Crippen molar-refractivity contribution in [2.75, 3.05) is 70.5 Å². The molecule has 3 saturated heterocycles. The van der Waals surface area contributed by atoms with Crippen LogP contribution in [0, 0.1) is 5.92 Å². The minimum atomic E-state index is -2.82. The summed E-state index contributed by atoms with van der Waals surface area (Å²) >= 11 is 0. The summed E-state index contributed by atoms with van der Waals surface area (Å²) in [5.41, 5.74) is 0. The van der Waals surface area contributed by atoms with Gasteiger partial charge in [-0.15, -0.1) is 24.0 Å². The van der Waals surface area contributed by atoms with Gasteiger partial charge in [0.1, 0.15) is 0 Å². The number of rotatable bonds is 5. The second-order valence-electron chi connectivity index (χ2n) is 7.36. The predicted molar refractivity (Wildman–Crippen MR) is 115 cm³/mol. The van der Waals surface area contributed by atoms with Crippen molar-refractivity contribution >= 4 is 39.8 Å². The monoisotopic (exact) mass is 500 g/mol. The van der Waals surface area contributed by atoms with Gasteiger partial charge in [0.2, 0.25) is 0 Å². The number of piperidine rings is 1. The summed E-state index contributed by atoms with van der Waals surface area (Å²) in [7, 11) is -2.82. The van der Waals surface area contributed by atoms with E-state index in [-0.39, 0.29) is 29.9 Å². The fourth-order valence-electron chi connectivity index (χ4n) is 3.76. The van der Waals surface area contributed by atoms with Crippen molar-refractivity contribution in [3.05, 3.63) is 0 Å². The summed E-state index contributed by atoms with van der Waals surface area (Å²) in [6.07, 6.45) is 4.47. The highest BCUT2D eigenvalue weighted by Crippen LogP contribution is 2.19. The van der Waals surface area contributed by atoms with Gasteiger partial charge in [-0.25, -0.2) is 8.42 Å². The summed E-state index contributed by atoms with van der Waals surface area (Å²) in [5.74, 6) is 1.79. The molecule has 26 heavy (non-hydrogen) atoms. The molecule has 0 aromatic carbocycles. The van der Waals surface area contributed by atoms with Crippen LogP contribution in [0.15, 0.2) is 4.99 Å². The molecular weight excluding hydrogens is 467 g/mol. The molecule has 1 unspecified atom stereocenters. The molecule has 1 atom stereocenters. The second-order valence-corrected chi connectivity index (χ2v) is 9.59. The lowest BCUT2D eigenvalue weighted by atomic mass is 10.1. The summed E-state index contributed by atoms with van der Waals surface area (Å²) in [6, 6.07) is 0. The Balaban J connectivity index is 0.00000243. The first-order chi connectivity index (χ1) is 12.1. The Kier molecular flexibility index (Phi) is 9.39. The molecular formula is C17H33IN4O3S. The Morgan fingerprint density at radius 3 is 2.50 bits per heavy atom. The summed E-state index contributed by atoms with van der Waals surface area (Å²) < 4.78 is 28.7. The van der Waals surface area contributed by atoms with E-state index >= 15 is 0 Å². The number of nitrogens with zero attached hydrogens (tertiary/aromatic N) is 3. The number of hydrogen-bond donors (Lipinski definition) is 1. The third-order valence-electron chi connectivity index (χ3n) is 5.30. The number of sulfone groups is 1. The van der Waals surface area contributed by atoms with Gasteiger partial charge in [-0.3, -0.25) is 9.89 Å². The topological polar surface area (TPSA) is 74.2 Å². The van der Waals surface area contributed by atoms with Crippen LogP contribution >= 0.6 is 24.0 Å². The van der Waals surface area contributed by atoms with E-state index in [1.165, 1.54) is 19.3 Å². The Bertz CT molecular complexity index is 546. The average molecular weight is 500 g/mol. The first kappa shape index (κ1) is 22.2. The van der Waals surface area contributed by atoms with Gasteiger partial charge in [0.25, 0.3) is 0 Å². The SMILES string of the molecule is I.O=S1(=O)CCC(CN=C(NCCN2CCOCC2)N2CCCCC2)C1. The molecule has 0 radical (unpaired) electrons. The van der Waals surface area contributed by atoms with E-state index in [0.717, 1.165) is 64.9 Å². The molecule has 0 aromatic rings. The van der Waals surface area contributed by atoms with Crippen molar-refractivity contribution in [1.82, 2.24) is 15.1 Å². The molecule has 0 aromatic heterocycles. The molecule has 0 spiro atoms. The zero-order valence-corrected chi connectivity index (χ0v) is 18.7. The lowest BCUT2D eigenvalue weighted by Crippen LogP contribution is -2.47. The number of nitrogens with one attached hydrogen (secondary N) is 1. The van der Waals surface area contributed by atoms with E-state index < -0.39 is 9.84 Å². The lowest BCUT2D eigenvalue weighted by Gasteiger charge is -2.32. The van der Waals surface area contributed by atoms with Gasteiger partial charge in [-0.1, -0.05) is 0 Å². The fourth-order valence-corrected chi connectivity index (χ4v) is 5.60. The van der Waals surface area contributed by atoms with Gasteiger partial charge in [0.05, 0.1) is 24.7 Å². The standard InChI is InChI=1S/C17H32N4O3S.HI/c22-25(23)13-4-16(15-25)14-19-17(21-6-2-1-3-7-21)18-5-8-20-9-11-24-12-10-20;/h16H,1-15H2,(H,18,19);1H. The molecule has 3 aliphatic heterocycles. The van der Waals surface area contributed by atoms with E-state index in [1.54, 1.807) is 0 Å². The molecule has 3 heterocycles. The molecule has 9 heteroatoms. The molecule has 0 saturated carbocycles. The van der Waals surface area contributed by atoms with Gasteiger partial charge >= 0.3 is 0 Å². The van der Waals surface area contributed by atoms with Crippen LogP contribution in [0.3, 0.4) is 0 Å². The van der Waals surface area contributed by atoms with E-state index in [1.807, 2.05) is 0 Å². The van der Waals surface area contributed by atoms with Crippen LogP contribution in [-0.2, 0) is 14.6 Å². The quantitative estimate of drug-likeness (QED) is 0.342. The molecule has 0 bridgehead atoms. The maximum atomic E-state index is 11.6. The van der Waals surface area contributed by atoms with Crippen LogP contribution in [0.4, 0.5) is 0 Å². The van der Waals surface area contributed by atoms with Crippen LogP contribution in [-0.4, -0.2) is 94.7 Å². The smallest absolute Gasteiger partial charge is 0.193 e. The Hall–Kier alpha value is -0.130. The number of ether oxygens (including phenoxy) is 1.